The van der Waals surface area contributed by atoms with Crippen LogP contribution in [-0.2, 0) is 21.2 Å². The Balaban J connectivity index is 1.58. The van der Waals surface area contributed by atoms with Gasteiger partial charge >= 0.3 is 0 Å². The van der Waals surface area contributed by atoms with Gasteiger partial charge in [0.05, 0.1) is 22.2 Å². The Morgan fingerprint density at radius 1 is 1.00 bits per heavy atom. The molecule has 0 N–H and O–H groups in total. The van der Waals surface area contributed by atoms with E-state index in [4.69, 9.17) is 16.3 Å². The normalized spacial score (nSPS) is 14.3. The Kier molecular flexibility index (Phi) is 7.44. The number of hydrogen-bond donors (Lipinski definition) is 0. The maximum absolute atomic E-state index is 13.6. The summed E-state index contributed by atoms with van der Waals surface area (Å²) in [5, 5.41) is 0.624. The fourth-order valence-electron chi connectivity index (χ4n) is 4.20. The maximum atomic E-state index is 13.6. The lowest BCUT2D eigenvalue weighted by Gasteiger charge is -2.37. The van der Waals surface area contributed by atoms with Crippen LogP contribution in [0.25, 0.3) is 11.1 Å². The van der Waals surface area contributed by atoms with Crippen molar-refractivity contribution in [2.75, 3.05) is 44.4 Å². The highest BCUT2D eigenvalue weighted by Gasteiger charge is 2.26. The van der Waals surface area contributed by atoms with Gasteiger partial charge in [-0.1, -0.05) is 35.9 Å². The number of amides is 1. The number of hydrogen-bond acceptors (Lipinski definition) is 5. The summed E-state index contributed by atoms with van der Waals surface area (Å²) in [6, 6.07) is 16.1. The Labute approximate surface area is 209 Å². The van der Waals surface area contributed by atoms with Crippen molar-refractivity contribution in [2.45, 2.75) is 11.5 Å². The first-order valence-corrected chi connectivity index (χ1v) is 13.4. The molecule has 0 saturated carbocycles. The molecule has 3 aromatic rings. The van der Waals surface area contributed by atoms with Crippen LogP contribution in [0.5, 0.6) is 0 Å². The Bertz CT molecular complexity index is 1340. The second-order valence-corrected chi connectivity index (χ2v) is 10.9. The van der Waals surface area contributed by atoms with E-state index in [1.165, 1.54) is 24.3 Å². The Hall–Kier alpha value is -2.94. The number of carbonyl (C=O) groups excluding carboxylic acids is 1. The molecule has 4 rings (SSSR count). The molecular formula is C26H26ClFN2O4S. The highest BCUT2D eigenvalue weighted by atomic mass is 35.5. The van der Waals surface area contributed by atoms with E-state index in [0.29, 0.717) is 48.9 Å². The largest absolute Gasteiger partial charge is 0.380 e. The lowest BCUT2D eigenvalue weighted by atomic mass is 9.98. The molecule has 0 bridgehead atoms. The van der Waals surface area contributed by atoms with E-state index < -0.39 is 9.84 Å². The number of methoxy groups -OCH3 is 1. The van der Waals surface area contributed by atoms with Gasteiger partial charge in [-0.05, 0) is 53.1 Å². The van der Waals surface area contributed by atoms with E-state index in [0.717, 1.165) is 17.5 Å². The molecule has 184 valence electrons. The molecule has 1 fully saturated rings. The molecular weight excluding hydrogens is 491 g/mol. The molecule has 1 aliphatic rings. The van der Waals surface area contributed by atoms with E-state index in [-0.39, 0.29) is 22.2 Å². The number of ether oxygens (including phenoxy) is 1. The zero-order valence-electron chi connectivity index (χ0n) is 19.5. The van der Waals surface area contributed by atoms with Crippen LogP contribution < -0.4 is 4.90 Å². The first kappa shape index (κ1) is 25.2. The third kappa shape index (κ3) is 5.66. The number of sulfone groups is 1. The van der Waals surface area contributed by atoms with Gasteiger partial charge in [-0.15, -0.1) is 0 Å². The van der Waals surface area contributed by atoms with Crippen LogP contribution in [0.15, 0.2) is 65.6 Å². The second-order valence-electron chi connectivity index (χ2n) is 8.48. The van der Waals surface area contributed by atoms with Crippen molar-refractivity contribution >= 4 is 33.0 Å². The van der Waals surface area contributed by atoms with Gasteiger partial charge in [0.25, 0.3) is 5.91 Å². The van der Waals surface area contributed by atoms with Crippen LogP contribution in [0.3, 0.4) is 0 Å². The number of anilines is 1. The predicted octanol–water partition coefficient (Wildman–Crippen LogP) is 4.66. The lowest BCUT2D eigenvalue weighted by Crippen LogP contribution is -2.49. The average molecular weight is 517 g/mol. The van der Waals surface area contributed by atoms with Crippen molar-refractivity contribution in [1.29, 1.82) is 0 Å². The molecule has 0 unspecified atom stereocenters. The third-order valence-electron chi connectivity index (χ3n) is 6.04. The summed E-state index contributed by atoms with van der Waals surface area (Å²) in [4.78, 5) is 17.5. The molecule has 0 aromatic heterocycles. The Morgan fingerprint density at radius 3 is 2.29 bits per heavy atom. The van der Waals surface area contributed by atoms with E-state index in [2.05, 4.69) is 4.90 Å². The van der Waals surface area contributed by atoms with E-state index in [1.807, 2.05) is 18.2 Å². The van der Waals surface area contributed by atoms with Gasteiger partial charge in [-0.3, -0.25) is 4.79 Å². The van der Waals surface area contributed by atoms with E-state index in [9.17, 15) is 17.6 Å². The molecule has 0 spiro atoms. The monoisotopic (exact) mass is 516 g/mol. The van der Waals surface area contributed by atoms with Crippen LogP contribution in [0, 0.1) is 5.82 Å². The molecule has 3 aromatic carbocycles. The number of halogens is 2. The summed E-state index contributed by atoms with van der Waals surface area (Å²) in [7, 11) is -1.89. The summed E-state index contributed by atoms with van der Waals surface area (Å²) in [5.74, 6) is -0.657. The van der Waals surface area contributed by atoms with Gasteiger partial charge in [0.2, 0.25) is 0 Å². The average Bonchev–Trinajstić information content (AvgIpc) is 2.84. The third-order valence-corrected chi connectivity index (χ3v) is 7.45. The molecule has 1 saturated heterocycles. The number of benzene rings is 3. The summed E-state index contributed by atoms with van der Waals surface area (Å²) in [6.07, 6.45) is 1.11. The molecule has 35 heavy (non-hydrogen) atoms. The van der Waals surface area contributed by atoms with Crippen molar-refractivity contribution in [1.82, 2.24) is 4.90 Å². The number of rotatable bonds is 6. The van der Waals surface area contributed by atoms with Gasteiger partial charge in [0.15, 0.2) is 9.84 Å². The quantitative estimate of drug-likeness (QED) is 0.477. The maximum Gasteiger partial charge on any atom is 0.254 e. The minimum atomic E-state index is -3.52. The van der Waals surface area contributed by atoms with Crippen LogP contribution in [0.1, 0.15) is 15.9 Å². The Morgan fingerprint density at radius 2 is 1.69 bits per heavy atom. The van der Waals surface area contributed by atoms with Crippen LogP contribution in [0.4, 0.5) is 10.1 Å². The number of carbonyl (C=O) groups is 1. The number of piperazine rings is 1. The molecule has 1 aliphatic heterocycles. The summed E-state index contributed by atoms with van der Waals surface area (Å²) < 4.78 is 43.0. The fraction of sp³-hybridized carbons (Fsp3) is 0.269. The van der Waals surface area contributed by atoms with Gasteiger partial charge in [-0.25, -0.2) is 12.8 Å². The van der Waals surface area contributed by atoms with Gasteiger partial charge in [0, 0.05) is 45.1 Å². The first-order valence-electron chi connectivity index (χ1n) is 11.1. The van der Waals surface area contributed by atoms with Crippen LogP contribution >= 0.6 is 11.6 Å². The molecule has 0 aliphatic carbocycles. The molecule has 1 heterocycles. The summed E-state index contributed by atoms with van der Waals surface area (Å²) >= 11 is 6.49. The molecule has 1 amide bonds. The van der Waals surface area contributed by atoms with Crippen molar-refractivity contribution in [3.05, 3.63) is 82.6 Å². The zero-order chi connectivity index (χ0) is 25.2. The molecule has 0 radical (unpaired) electrons. The van der Waals surface area contributed by atoms with Crippen molar-refractivity contribution in [2.24, 2.45) is 0 Å². The van der Waals surface area contributed by atoms with Crippen molar-refractivity contribution in [3.8, 4) is 11.1 Å². The highest BCUT2D eigenvalue weighted by molar-refractivity contribution is 7.90. The van der Waals surface area contributed by atoms with Gasteiger partial charge in [-0.2, -0.15) is 0 Å². The minimum absolute atomic E-state index is 0.0632. The SMILES string of the molecule is COCc1ccc(N2CCN(C(=O)c3cc(S(C)(=O)=O)ccc3-c3ccc(F)cc3)CC2)c(Cl)c1. The second kappa shape index (κ2) is 10.4. The summed E-state index contributed by atoms with van der Waals surface area (Å²) in [5.41, 5.74) is 3.34. The fourth-order valence-corrected chi connectivity index (χ4v) is 5.17. The highest BCUT2D eigenvalue weighted by Crippen LogP contribution is 2.30. The van der Waals surface area contributed by atoms with Crippen molar-refractivity contribution < 1.29 is 22.3 Å². The molecule has 9 heteroatoms. The number of nitrogens with zero attached hydrogens (tertiary/aromatic N) is 2. The van der Waals surface area contributed by atoms with Crippen LogP contribution in [-0.4, -0.2) is 58.8 Å². The zero-order valence-corrected chi connectivity index (χ0v) is 21.1. The smallest absolute Gasteiger partial charge is 0.254 e. The topological polar surface area (TPSA) is 66.9 Å². The van der Waals surface area contributed by atoms with Crippen LogP contribution in [0.2, 0.25) is 5.02 Å². The van der Waals surface area contributed by atoms with E-state index in [1.54, 1.807) is 30.2 Å². The summed E-state index contributed by atoms with van der Waals surface area (Å²) in [6.45, 7) is 2.52. The van der Waals surface area contributed by atoms with Crippen molar-refractivity contribution in [3.63, 3.8) is 0 Å². The standard InChI is InChI=1S/C26H26ClFN2O4S/c1-34-17-18-3-10-25(24(27)15-18)29-11-13-30(14-12-29)26(31)23-16-21(35(2,32)33)8-9-22(23)19-4-6-20(28)7-5-19/h3-10,15-16H,11-14,17H2,1-2H3. The predicted molar refractivity (Wildman–Crippen MR) is 135 cm³/mol. The van der Waals surface area contributed by atoms with E-state index >= 15 is 0 Å². The van der Waals surface area contributed by atoms with Gasteiger partial charge < -0.3 is 14.5 Å². The molecule has 6 nitrogen and oxygen atoms in total. The van der Waals surface area contributed by atoms with Gasteiger partial charge in [0.1, 0.15) is 5.82 Å². The minimum Gasteiger partial charge on any atom is -0.380 e. The first-order chi connectivity index (χ1) is 16.7. The lowest BCUT2D eigenvalue weighted by molar-refractivity contribution is 0.0747. The molecule has 0 atom stereocenters.